The molecule has 0 unspecified atom stereocenters. The predicted octanol–water partition coefficient (Wildman–Crippen LogP) is 2.73. The first-order chi connectivity index (χ1) is 10.5. The maximum absolute atomic E-state index is 11.7. The molecule has 0 fully saturated rings. The first-order valence-electron chi connectivity index (χ1n) is 7.56. The Kier molecular flexibility index (Phi) is 3.88. The molecule has 2 heterocycles. The summed E-state index contributed by atoms with van der Waals surface area (Å²) in [6.45, 7) is 5.92. The van der Waals surface area contributed by atoms with Crippen LogP contribution in [0.1, 0.15) is 32.0 Å². The molecule has 1 aliphatic rings. The summed E-state index contributed by atoms with van der Waals surface area (Å²) in [7, 11) is 0. The van der Waals surface area contributed by atoms with Gasteiger partial charge in [0.15, 0.2) is 5.76 Å². The lowest BCUT2D eigenvalue weighted by atomic mass is 10.1. The minimum atomic E-state index is -0.0500. The molecule has 22 heavy (non-hydrogen) atoms. The molecule has 1 aromatic carbocycles. The van der Waals surface area contributed by atoms with E-state index in [1.807, 2.05) is 32.0 Å². The first kappa shape index (κ1) is 14.6. The molecule has 0 spiro atoms. The maximum Gasteiger partial charge on any atom is 0.226 e. The molecule has 1 atom stereocenters. The molecule has 3 rings (SSSR count). The largest absolute Gasteiger partial charge is 0.490 e. The van der Waals surface area contributed by atoms with Gasteiger partial charge in [-0.1, -0.05) is 5.16 Å². The second kappa shape index (κ2) is 5.83. The second-order valence-electron chi connectivity index (χ2n) is 6.04. The predicted molar refractivity (Wildman–Crippen MR) is 82.7 cm³/mol. The Balaban J connectivity index is 1.74. The molecule has 1 N–H and O–H groups in total. The highest BCUT2D eigenvalue weighted by Crippen LogP contribution is 2.33. The molecule has 1 amide bonds. The van der Waals surface area contributed by atoms with Crippen LogP contribution < -0.4 is 10.1 Å². The summed E-state index contributed by atoms with van der Waals surface area (Å²) >= 11 is 0. The number of nitrogens with zero attached hydrogens (tertiary/aromatic N) is 1. The summed E-state index contributed by atoms with van der Waals surface area (Å²) in [5.74, 6) is 1.56. The summed E-state index contributed by atoms with van der Waals surface area (Å²) in [5.41, 5.74) is 2.78. The molecule has 1 aromatic heterocycles. The van der Waals surface area contributed by atoms with Crippen LogP contribution in [0.3, 0.4) is 0 Å². The topological polar surface area (TPSA) is 64.4 Å². The first-order valence-corrected chi connectivity index (χ1v) is 7.56. The Morgan fingerprint density at radius 2 is 2.23 bits per heavy atom. The maximum atomic E-state index is 11.7. The number of ether oxygens (including phenoxy) is 1. The van der Waals surface area contributed by atoms with Crippen LogP contribution in [0.25, 0.3) is 11.3 Å². The van der Waals surface area contributed by atoms with E-state index in [2.05, 4.69) is 23.5 Å². The van der Waals surface area contributed by atoms with Crippen LogP contribution in [-0.4, -0.2) is 23.2 Å². The van der Waals surface area contributed by atoms with Crippen LogP contribution >= 0.6 is 0 Å². The Bertz CT molecular complexity index is 691. The number of amides is 1. The van der Waals surface area contributed by atoms with Crippen molar-refractivity contribution in [2.24, 2.45) is 0 Å². The summed E-state index contributed by atoms with van der Waals surface area (Å²) < 4.78 is 11.1. The average molecular weight is 300 g/mol. The van der Waals surface area contributed by atoms with E-state index in [9.17, 15) is 4.79 Å². The van der Waals surface area contributed by atoms with Gasteiger partial charge in [-0.2, -0.15) is 0 Å². The standard InChI is InChI=1S/C17H20N2O3/c1-10(2)18-17(20)9-14-8-16(22-19-14)12-4-5-15-13(7-12)6-11(3)21-15/h4-5,7-8,10-11H,6,9H2,1-3H3,(H,18,20)/t11-/m0/s1. The number of aromatic nitrogens is 1. The van der Waals surface area contributed by atoms with E-state index in [0.29, 0.717) is 11.5 Å². The third-order valence-corrected chi connectivity index (χ3v) is 3.53. The van der Waals surface area contributed by atoms with E-state index < -0.39 is 0 Å². The van der Waals surface area contributed by atoms with Crippen molar-refractivity contribution in [3.8, 4) is 17.1 Å². The van der Waals surface area contributed by atoms with Gasteiger partial charge in [-0.05, 0) is 44.5 Å². The smallest absolute Gasteiger partial charge is 0.226 e. The van der Waals surface area contributed by atoms with Crippen molar-refractivity contribution in [2.75, 3.05) is 0 Å². The van der Waals surface area contributed by atoms with E-state index in [-0.39, 0.29) is 24.5 Å². The molecule has 0 saturated carbocycles. The molecule has 1 aliphatic heterocycles. The zero-order valence-electron chi connectivity index (χ0n) is 13.1. The highest BCUT2D eigenvalue weighted by Gasteiger charge is 2.20. The van der Waals surface area contributed by atoms with Crippen molar-refractivity contribution in [1.29, 1.82) is 0 Å². The lowest BCUT2D eigenvalue weighted by Crippen LogP contribution is -2.31. The van der Waals surface area contributed by atoms with Crippen molar-refractivity contribution in [3.05, 3.63) is 35.5 Å². The zero-order chi connectivity index (χ0) is 15.7. The monoisotopic (exact) mass is 300 g/mol. The Morgan fingerprint density at radius 1 is 1.41 bits per heavy atom. The number of rotatable bonds is 4. The summed E-state index contributed by atoms with van der Waals surface area (Å²) in [5, 5.41) is 6.82. The molecule has 0 radical (unpaired) electrons. The van der Waals surface area contributed by atoms with E-state index in [1.54, 1.807) is 0 Å². The van der Waals surface area contributed by atoms with E-state index >= 15 is 0 Å². The van der Waals surface area contributed by atoms with Gasteiger partial charge in [0.25, 0.3) is 0 Å². The van der Waals surface area contributed by atoms with Crippen LogP contribution in [0, 0.1) is 0 Å². The number of benzene rings is 1. The van der Waals surface area contributed by atoms with Crippen molar-refractivity contribution in [2.45, 2.75) is 45.8 Å². The van der Waals surface area contributed by atoms with Gasteiger partial charge in [-0.25, -0.2) is 0 Å². The van der Waals surface area contributed by atoms with Gasteiger partial charge in [0.05, 0.1) is 12.1 Å². The third-order valence-electron chi connectivity index (χ3n) is 3.53. The Morgan fingerprint density at radius 3 is 3.00 bits per heavy atom. The highest BCUT2D eigenvalue weighted by molar-refractivity contribution is 5.78. The third kappa shape index (κ3) is 3.13. The van der Waals surface area contributed by atoms with Crippen molar-refractivity contribution in [3.63, 3.8) is 0 Å². The van der Waals surface area contributed by atoms with E-state index in [1.165, 1.54) is 5.56 Å². The minimum Gasteiger partial charge on any atom is -0.490 e. The van der Waals surface area contributed by atoms with Gasteiger partial charge < -0.3 is 14.6 Å². The summed E-state index contributed by atoms with van der Waals surface area (Å²) in [6.07, 6.45) is 1.35. The lowest BCUT2D eigenvalue weighted by Gasteiger charge is -2.05. The molecule has 0 aliphatic carbocycles. The molecular weight excluding hydrogens is 280 g/mol. The summed E-state index contributed by atoms with van der Waals surface area (Å²) in [6, 6.07) is 7.92. The molecule has 0 saturated heterocycles. The molecular formula is C17H20N2O3. The van der Waals surface area contributed by atoms with Crippen molar-refractivity contribution in [1.82, 2.24) is 10.5 Å². The average Bonchev–Trinajstić information content (AvgIpc) is 3.01. The minimum absolute atomic E-state index is 0.0500. The molecule has 0 bridgehead atoms. The number of hydrogen-bond donors (Lipinski definition) is 1. The molecule has 2 aromatic rings. The van der Waals surface area contributed by atoms with Crippen LogP contribution in [0.2, 0.25) is 0 Å². The highest BCUT2D eigenvalue weighted by atomic mass is 16.5. The SMILES string of the molecule is CC(C)NC(=O)Cc1cc(-c2ccc3c(c2)C[C@H](C)O3)on1. The number of carbonyl (C=O) groups excluding carboxylic acids is 1. The molecule has 5 heteroatoms. The number of fused-ring (bicyclic) bond motifs is 1. The normalized spacial score (nSPS) is 16.5. The lowest BCUT2D eigenvalue weighted by molar-refractivity contribution is -0.121. The van der Waals surface area contributed by atoms with Gasteiger partial charge in [-0.3, -0.25) is 4.79 Å². The van der Waals surface area contributed by atoms with E-state index in [0.717, 1.165) is 17.7 Å². The van der Waals surface area contributed by atoms with Crippen LogP contribution in [-0.2, 0) is 17.6 Å². The van der Waals surface area contributed by atoms with Gasteiger partial charge in [0.1, 0.15) is 11.9 Å². The van der Waals surface area contributed by atoms with Gasteiger partial charge in [0, 0.05) is 24.1 Å². The second-order valence-corrected chi connectivity index (χ2v) is 6.04. The van der Waals surface area contributed by atoms with Crippen LogP contribution in [0.5, 0.6) is 5.75 Å². The van der Waals surface area contributed by atoms with Crippen molar-refractivity contribution < 1.29 is 14.1 Å². The van der Waals surface area contributed by atoms with E-state index in [4.69, 9.17) is 9.26 Å². The number of hydrogen-bond acceptors (Lipinski definition) is 4. The quantitative estimate of drug-likeness (QED) is 0.943. The van der Waals surface area contributed by atoms with Gasteiger partial charge in [0.2, 0.25) is 5.91 Å². The molecule has 5 nitrogen and oxygen atoms in total. The fraction of sp³-hybridized carbons (Fsp3) is 0.412. The summed E-state index contributed by atoms with van der Waals surface area (Å²) in [4.78, 5) is 11.7. The fourth-order valence-electron chi connectivity index (χ4n) is 2.64. The van der Waals surface area contributed by atoms with Gasteiger partial charge in [-0.15, -0.1) is 0 Å². The van der Waals surface area contributed by atoms with Crippen LogP contribution in [0.15, 0.2) is 28.8 Å². The Labute approximate surface area is 129 Å². The number of carbonyl (C=O) groups is 1. The van der Waals surface area contributed by atoms with Crippen molar-refractivity contribution >= 4 is 5.91 Å². The molecule has 116 valence electrons. The number of nitrogens with one attached hydrogen (secondary N) is 1. The van der Waals surface area contributed by atoms with Gasteiger partial charge >= 0.3 is 0 Å². The fourth-order valence-corrected chi connectivity index (χ4v) is 2.64. The Hall–Kier alpha value is -2.30. The van der Waals surface area contributed by atoms with Crippen LogP contribution in [0.4, 0.5) is 0 Å². The zero-order valence-corrected chi connectivity index (χ0v) is 13.1.